The highest BCUT2D eigenvalue weighted by Gasteiger charge is 2.35. The molecule has 4 rings (SSSR count). The van der Waals surface area contributed by atoms with Crippen molar-refractivity contribution in [3.8, 4) is 23.0 Å². The monoisotopic (exact) mass is 412 g/mol. The molecule has 0 atom stereocenters. The average Bonchev–Trinajstić information content (AvgIpc) is 2.69. The van der Waals surface area contributed by atoms with E-state index in [2.05, 4.69) is 0 Å². The molecule has 0 spiro atoms. The number of phenolic OH excluding ortho intramolecular Hbond substituents is 3. The van der Waals surface area contributed by atoms with Gasteiger partial charge in [0.15, 0.2) is 27.9 Å². The maximum absolute atomic E-state index is 12.8. The van der Waals surface area contributed by atoms with Crippen molar-refractivity contribution in [3.63, 3.8) is 0 Å². The minimum Gasteiger partial charge on any atom is -0.504 e. The molecule has 0 bridgehead atoms. The lowest BCUT2D eigenvalue weighted by Gasteiger charge is -2.16. The number of hydrogen-bond donors (Lipinski definition) is 3. The van der Waals surface area contributed by atoms with Crippen LogP contribution in [0.1, 0.15) is 20.7 Å². The summed E-state index contributed by atoms with van der Waals surface area (Å²) in [4.78, 5) is 24.0. The van der Waals surface area contributed by atoms with Gasteiger partial charge in [0.2, 0.25) is 11.5 Å². The number of hydrogen-bond acceptors (Lipinski definition) is 8. The first kappa shape index (κ1) is 18.5. The van der Waals surface area contributed by atoms with Crippen LogP contribution in [0.25, 0.3) is 10.8 Å². The largest absolute Gasteiger partial charge is 0.504 e. The Kier molecular flexibility index (Phi) is 4.05. The highest BCUT2D eigenvalue weighted by Crippen LogP contribution is 2.44. The van der Waals surface area contributed by atoms with Crippen LogP contribution in [0.3, 0.4) is 0 Å². The Balaban J connectivity index is 1.81. The van der Waals surface area contributed by atoms with E-state index >= 15 is 0 Å². The number of benzene rings is 3. The zero-order valence-corrected chi connectivity index (χ0v) is 15.3. The second kappa shape index (κ2) is 6.35. The average molecular weight is 412 g/mol. The Morgan fingerprint density at radius 3 is 2.21 bits per heavy atom. The summed E-state index contributed by atoms with van der Waals surface area (Å²) in [6.07, 6.45) is 0.700. The van der Waals surface area contributed by atoms with Gasteiger partial charge >= 0.3 is 10.1 Å². The number of fused-ring (bicyclic) bond motifs is 2. The van der Waals surface area contributed by atoms with Crippen molar-refractivity contribution in [2.75, 3.05) is 0 Å². The number of aromatic hydroxyl groups is 3. The smallest absolute Gasteiger partial charge is 0.343 e. The van der Waals surface area contributed by atoms with Gasteiger partial charge in [-0.05, 0) is 12.1 Å². The molecule has 8 nitrogen and oxygen atoms in total. The molecule has 0 saturated carbocycles. The Hall–Kier alpha value is -3.85. The predicted octanol–water partition coefficient (Wildman–Crippen LogP) is 2.63. The van der Waals surface area contributed by atoms with E-state index in [1.165, 1.54) is 36.4 Å². The molecule has 1 aliphatic rings. The maximum Gasteiger partial charge on any atom is 0.343 e. The van der Waals surface area contributed by atoms with Gasteiger partial charge in [-0.25, -0.2) is 0 Å². The van der Waals surface area contributed by atoms with E-state index in [1.807, 2.05) is 0 Å². The standard InChI is InChI=1S/C20H12O8S/c21-14-9-17(18(23)11-5-2-1-4-10(11)14)29(26,27)28-16-7-3-6-12-13(16)8-15(22)20(25)19(12)24/h1-9,22,24-25H. The van der Waals surface area contributed by atoms with Crippen LogP contribution in [-0.2, 0) is 10.1 Å². The number of allylic oxidation sites excluding steroid dienone is 2. The zero-order valence-electron chi connectivity index (χ0n) is 14.5. The number of phenols is 3. The van der Waals surface area contributed by atoms with Gasteiger partial charge in [-0.3, -0.25) is 9.59 Å². The molecule has 0 fully saturated rings. The van der Waals surface area contributed by atoms with E-state index in [4.69, 9.17) is 4.18 Å². The lowest BCUT2D eigenvalue weighted by atomic mass is 9.95. The van der Waals surface area contributed by atoms with Crippen molar-refractivity contribution in [3.05, 3.63) is 70.6 Å². The molecule has 1 aliphatic carbocycles. The van der Waals surface area contributed by atoms with Crippen LogP contribution >= 0.6 is 0 Å². The summed E-state index contributed by atoms with van der Waals surface area (Å²) < 4.78 is 30.6. The second-order valence-electron chi connectivity index (χ2n) is 6.23. The quantitative estimate of drug-likeness (QED) is 0.441. The molecule has 0 unspecified atom stereocenters. The Morgan fingerprint density at radius 2 is 1.48 bits per heavy atom. The molecule has 0 heterocycles. The molecular formula is C20H12O8S. The van der Waals surface area contributed by atoms with Gasteiger partial charge in [0.1, 0.15) is 0 Å². The van der Waals surface area contributed by atoms with Crippen molar-refractivity contribution in [1.29, 1.82) is 0 Å². The van der Waals surface area contributed by atoms with Crippen molar-refractivity contribution in [2.45, 2.75) is 0 Å². The number of Topliss-reactive ketones (excluding diaryl/α,β-unsaturated/α-hetero) is 1. The van der Waals surface area contributed by atoms with E-state index in [0.717, 1.165) is 6.07 Å². The van der Waals surface area contributed by atoms with Crippen LogP contribution < -0.4 is 4.18 Å². The highest BCUT2D eigenvalue weighted by atomic mass is 32.2. The minimum atomic E-state index is -4.72. The molecular weight excluding hydrogens is 400 g/mol. The summed E-state index contributed by atoms with van der Waals surface area (Å²) >= 11 is 0. The first-order valence-corrected chi connectivity index (χ1v) is 9.62. The van der Waals surface area contributed by atoms with Crippen molar-refractivity contribution >= 4 is 32.5 Å². The molecule has 0 aromatic heterocycles. The lowest BCUT2D eigenvalue weighted by molar-refractivity contribution is 0.0989. The Morgan fingerprint density at radius 1 is 0.793 bits per heavy atom. The molecule has 3 N–H and O–H groups in total. The fourth-order valence-corrected chi connectivity index (χ4v) is 4.13. The predicted molar refractivity (Wildman–Crippen MR) is 102 cm³/mol. The highest BCUT2D eigenvalue weighted by molar-refractivity contribution is 7.92. The first-order valence-electron chi connectivity index (χ1n) is 8.21. The number of ketones is 2. The normalized spacial score (nSPS) is 13.9. The number of rotatable bonds is 3. The summed E-state index contributed by atoms with van der Waals surface area (Å²) in [5.74, 6) is -3.98. The zero-order chi connectivity index (χ0) is 20.9. The molecule has 0 radical (unpaired) electrons. The van der Waals surface area contributed by atoms with Gasteiger partial charge in [0.25, 0.3) is 0 Å². The van der Waals surface area contributed by atoms with Crippen LogP contribution in [0.5, 0.6) is 23.0 Å². The number of carbonyl (C=O) groups excluding carboxylic acids is 2. The molecule has 29 heavy (non-hydrogen) atoms. The Bertz CT molecular complexity index is 1350. The van der Waals surface area contributed by atoms with E-state index in [0.29, 0.717) is 6.08 Å². The lowest BCUT2D eigenvalue weighted by Crippen LogP contribution is -2.25. The topological polar surface area (TPSA) is 138 Å². The molecule has 0 amide bonds. The van der Waals surface area contributed by atoms with Crippen molar-refractivity contribution in [2.24, 2.45) is 0 Å². The van der Waals surface area contributed by atoms with Gasteiger partial charge in [0, 0.05) is 28.0 Å². The van der Waals surface area contributed by atoms with Gasteiger partial charge in [-0.15, -0.1) is 0 Å². The second-order valence-corrected chi connectivity index (χ2v) is 7.74. The van der Waals surface area contributed by atoms with E-state index in [9.17, 15) is 33.3 Å². The number of carbonyl (C=O) groups is 2. The van der Waals surface area contributed by atoms with Crippen LogP contribution in [0, 0.1) is 0 Å². The maximum atomic E-state index is 12.8. The Labute approximate surface area is 164 Å². The molecule has 3 aromatic rings. The van der Waals surface area contributed by atoms with Gasteiger partial charge in [-0.1, -0.05) is 36.4 Å². The van der Waals surface area contributed by atoms with Gasteiger partial charge < -0.3 is 19.5 Å². The van der Waals surface area contributed by atoms with Crippen LogP contribution in [-0.4, -0.2) is 35.3 Å². The van der Waals surface area contributed by atoms with E-state index < -0.39 is 43.8 Å². The minimum absolute atomic E-state index is 0.0124. The third-order valence-electron chi connectivity index (χ3n) is 4.46. The molecule has 3 aromatic carbocycles. The van der Waals surface area contributed by atoms with E-state index in [-0.39, 0.29) is 27.6 Å². The summed E-state index contributed by atoms with van der Waals surface area (Å²) in [7, 11) is -4.72. The molecule has 0 aliphatic heterocycles. The van der Waals surface area contributed by atoms with Crippen LogP contribution in [0.2, 0.25) is 0 Å². The fraction of sp³-hybridized carbons (Fsp3) is 0. The van der Waals surface area contributed by atoms with Crippen molar-refractivity contribution < 1.29 is 37.5 Å². The fourth-order valence-electron chi connectivity index (χ4n) is 3.07. The van der Waals surface area contributed by atoms with E-state index in [1.54, 1.807) is 6.07 Å². The third-order valence-corrected chi connectivity index (χ3v) is 5.70. The summed E-state index contributed by atoms with van der Waals surface area (Å²) in [6.45, 7) is 0. The summed E-state index contributed by atoms with van der Waals surface area (Å²) in [6, 6.07) is 10.8. The molecule has 0 saturated heterocycles. The molecule has 9 heteroatoms. The SMILES string of the molecule is O=C1C=C(S(=O)(=O)Oc2cccc3c(O)c(O)c(O)cc23)C(=O)c2ccccc21. The third kappa shape index (κ3) is 2.88. The van der Waals surface area contributed by atoms with Crippen LogP contribution in [0.15, 0.2) is 59.5 Å². The van der Waals surface area contributed by atoms with Crippen molar-refractivity contribution in [1.82, 2.24) is 0 Å². The van der Waals surface area contributed by atoms with Crippen LogP contribution in [0.4, 0.5) is 0 Å². The summed E-state index contributed by atoms with van der Waals surface area (Å²) in [5.41, 5.74) is 0.0345. The van der Waals surface area contributed by atoms with Gasteiger partial charge in [0.05, 0.1) is 0 Å². The first-order chi connectivity index (χ1) is 13.7. The molecule has 146 valence electrons. The van der Waals surface area contributed by atoms with Gasteiger partial charge in [-0.2, -0.15) is 8.42 Å². The summed E-state index contributed by atoms with van der Waals surface area (Å²) in [5, 5.41) is 29.3.